The SMILES string of the molecule is COc1cc2c(cc1O)C=Nc1c(Nc3cccc(C#N)c3)ncnc1O2. The molecule has 0 fully saturated rings. The van der Waals surface area contributed by atoms with E-state index in [1.165, 1.54) is 19.5 Å². The number of aromatic nitrogens is 2. The highest BCUT2D eigenvalue weighted by molar-refractivity contribution is 5.90. The zero-order valence-corrected chi connectivity index (χ0v) is 14.2. The van der Waals surface area contributed by atoms with Crippen LogP contribution in [0.2, 0.25) is 0 Å². The van der Waals surface area contributed by atoms with E-state index < -0.39 is 0 Å². The summed E-state index contributed by atoms with van der Waals surface area (Å²) >= 11 is 0. The van der Waals surface area contributed by atoms with Crippen molar-refractivity contribution >= 4 is 23.4 Å². The van der Waals surface area contributed by atoms with Crippen molar-refractivity contribution in [1.29, 1.82) is 5.26 Å². The van der Waals surface area contributed by atoms with Gasteiger partial charge in [0, 0.05) is 23.5 Å². The van der Waals surface area contributed by atoms with Crippen molar-refractivity contribution in [1.82, 2.24) is 9.97 Å². The number of nitrogens with zero attached hydrogens (tertiary/aromatic N) is 4. The predicted molar refractivity (Wildman–Crippen MR) is 98.5 cm³/mol. The van der Waals surface area contributed by atoms with Gasteiger partial charge in [-0.05, 0) is 24.3 Å². The number of rotatable bonds is 3. The lowest BCUT2D eigenvalue weighted by Crippen LogP contribution is -1.97. The second-order valence-corrected chi connectivity index (χ2v) is 5.62. The van der Waals surface area contributed by atoms with Crippen LogP contribution in [0.3, 0.4) is 0 Å². The van der Waals surface area contributed by atoms with Crippen LogP contribution in [0.15, 0.2) is 47.7 Å². The number of fused-ring (bicyclic) bond motifs is 2. The van der Waals surface area contributed by atoms with Crippen LogP contribution in [0, 0.1) is 11.3 Å². The molecule has 27 heavy (non-hydrogen) atoms. The zero-order valence-electron chi connectivity index (χ0n) is 14.2. The molecule has 8 heteroatoms. The molecule has 0 amide bonds. The monoisotopic (exact) mass is 359 g/mol. The second kappa shape index (κ2) is 6.65. The molecule has 0 saturated heterocycles. The van der Waals surface area contributed by atoms with Gasteiger partial charge in [-0.15, -0.1) is 0 Å². The number of phenolic OH excluding ortho intramolecular Hbond substituents is 1. The van der Waals surface area contributed by atoms with Crippen molar-refractivity contribution in [2.24, 2.45) is 4.99 Å². The summed E-state index contributed by atoms with van der Waals surface area (Å²) in [7, 11) is 1.46. The number of aliphatic imine (C=N–C) groups is 1. The molecule has 1 aliphatic rings. The fourth-order valence-corrected chi connectivity index (χ4v) is 2.61. The van der Waals surface area contributed by atoms with E-state index in [0.29, 0.717) is 34.1 Å². The Morgan fingerprint density at radius 1 is 1.22 bits per heavy atom. The quantitative estimate of drug-likeness (QED) is 0.574. The molecule has 2 aromatic carbocycles. The van der Waals surface area contributed by atoms with Crippen molar-refractivity contribution in [2.75, 3.05) is 12.4 Å². The Hall–Kier alpha value is -4.12. The highest BCUT2D eigenvalue weighted by atomic mass is 16.5. The molecule has 2 N–H and O–H groups in total. The van der Waals surface area contributed by atoms with E-state index in [0.717, 1.165) is 0 Å². The summed E-state index contributed by atoms with van der Waals surface area (Å²) in [6.07, 6.45) is 2.91. The van der Waals surface area contributed by atoms with Crippen molar-refractivity contribution in [3.05, 3.63) is 53.9 Å². The molecule has 0 bridgehead atoms. The molecule has 1 aromatic heterocycles. The first-order valence-corrected chi connectivity index (χ1v) is 7.93. The Kier molecular flexibility index (Phi) is 4.03. The van der Waals surface area contributed by atoms with Crippen molar-refractivity contribution in [3.63, 3.8) is 0 Å². The lowest BCUT2D eigenvalue weighted by Gasteiger charge is -2.12. The van der Waals surface area contributed by atoms with Crippen molar-refractivity contribution < 1.29 is 14.6 Å². The fourth-order valence-electron chi connectivity index (χ4n) is 2.61. The summed E-state index contributed by atoms with van der Waals surface area (Å²) in [6, 6.07) is 12.2. The second-order valence-electron chi connectivity index (χ2n) is 5.62. The fraction of sp³-hybridized carbons (Fsp3) is 0.0526. The van der Waals surface area contributed by atoms with Gasteiger partial charge >= 0.3 is 0 Å². The maximum atomic E-state index is 9.97. The molecule has 2 heterocycles. The number of nitrogens with one attached hydrogen (secondary N) is 1. The Labute approximate surface area is 154 Å². The standard InChI is InChI=1S/C19H13N5O3/c1-26-16-7-15-12(6-14(16)25)9-21-17-18(22-10-23-19(17)27-15)24-13-4-2-3-11(5-13)8-20/h2-7,9-10,25H,1H3,(H,22,23,24). The topological polar surface area (TPSA) is 113 Å². The molecule has 132 valence electrons. The maximum Gasteiger partial charge on any atom is 0.250 e. The minimum absolute atomic E-state index is 0.0185. The largest absolute Gasteiger partial charge is 0.504 e. The Bertz CT molecular complexity index is 1100. The number of ether oxygens (including phenoxy) is 2. The summed E-state index contributed by atoms with van der Waals surface area (Å²) in [4.78, 5) is 12.8. The first-order chi connectivity index (χ1) is 13.2. The molecule has 4 rings (SSSR count). The van der Waals surface area contributed by atoms with E-state index in [2.05, 4.69) is 26.3 Å². The van der Waals surface area contributed by atoms with Gasteiger partial charge < -0.3 is 19.9 Å². The third kappa shape index (κ3) is 3.09. The van der Waals surface area contributed by atoms with Gasteiger partial charge in [0.25, 0.3) is 5.88 Å². The average molecular weight is 359 g/mol. The first-order valence-electron chi connectivity index (χ1n) is 7.93. The van der Waals surface area contributed by atoms with Crippen LogP contribution in [-0.4, -0.2) is 28.4 Å². The summed E-state index contributed by atoms with van der Waals surface area (Å²) in [5.41, 5.74) is 2.18. The first kappa shape index (κ1) is 16.4. The van der Waals surface area contributed by atoms with Gasteiger partial charge in [-0.25, -0.2) is 9.98 Å². The summed E-state index contributed by atoms with van der Waals surface area (Å²) in [6.45, 7) is 0. The van der Waals surface area contributed by atoms with Crippen LogP contribution in [0.25, 0.3) is 0 Å². The number of phenols is 1. The summed E-state index contributed by atoms with van der Waals surface area (Å²) in [5.74, 6) is 1.40. The predicted octanol–water partition coefficient (Wildman–Crippen LogP) is 3.66. The highest BCUT2D eigenvalue weighted by Crippen LogP contribution is 2.42. The van der Waals surface area contributed by atoms with E-state index in [-0.39, 0.29) is 17.4 Å². The van der Waals surface area contributed by atoms with Gasteiger partial charge in [-0.1, -0.05) is 6.07 Å². The molecule has 0 aliphatic carbocycles. The molecule has 0 saturated carbocycles. The Morgan fingerprint density at radius 2 is 2.11 bits per heavy atom. The molecule has 0 radical (unpaired) electrons. The third-order valence-electron chi connectivity index (χ3n) is 3.89. The molecular formula is C19H13N5O3. The summed E-state index contributed by atoms with van der Waals surface area (Å²) in [5, 5.41) is 22.1. The average Bonchev–Trinajstić information content (AvgIpc) is 2.87. The molecule has 1 aliphatic heterocycles. The molecule has 0 atom stereocenters. The van der Waals surface area contributed by atoms with Crippen LogP contribution >= 0.6 is 0 Å². The Morgan fingerprint density at radius 3 is 2.93 bits per heavy atom. The van der Waals surface area contributed by atoms with Crippen molar-refractivity contribution in [3.8, 4) is 29.2 Å². The number of benzene rings is 2. The smallest absolute Gasteiger partial charge is 0.250 e. The van der Waals surface area contributed by atoms with E-state index in [1.54, 1.807) is 30.5 Å². The molecular weight excluding hydrogens is 346 g/mol. The lowest BCUT2D eigenvalue weighted by atomic mass is 10.2. The minimum atomic E-state index is -0.0185. The van der Waals surface area contributed by atoms with Gasteiger partial charge in [0.1, 0.15) is 12.1 Å². The molecule has 8 nitrogen and oxygen atoms in total. The van der Waals surface area contributed by atoms with E-state index in [4.69, 9.17) is 14.7 Å². The number of methoxy groups -OCH3 is 1. The van der Waals surface area contributed by atoms with Crippen LogP contribution in [0.5, 0.6) is 23.1 Å². The summed E-state index contributed by atoms with van der Waals surface area (Å²) < 4.78 is 11.0. The molecule has 0 spiro atoms. The van der Waals surface area contributed by atoms with Gasteiger partial charge in [-0.3, -0.25) is 0 Å². The Balaban J connectivity index is 1.74. The van der Waals surface area contributed by atoms with Gasteiger partial charge in [0.15, 0.2) is 23.0 Å². The molecule has 3 aromatic rings. The number of aromatic hydroxyl groups is 1. The normalized spacial score (nSPS) is 11.4. The van der Waals surface area contributed by atoms with Gasteiger partial charge in [-0.2, -0.15) is 10.2 Å². The number of anilines is 2. The van der Waals surface area contributed by atoms with Crippen LogP contribution < -0.4 is 14.8 Å². The maximum absolute atomic E-state index is 9.97. The zero-order chi connectivity index (χ0) is 18.8. The van der Waals surface area contributed by atoms with E-state index in [9.17, 15) is 5.11 Å². The van der Waals surface area contributed by atoms with Gasteiger partial charge in [0.2, 0.25) is 0 Å². The van der Waals surface area contributed by atoms with Crippen LogP contribution in [-0.2, 0) is 0 Å². The van der Waals surface area contributed by atoms with Gasteiger partial charge in [0.05, 0.1) is 18.7 Å². The van der Waals surface area contributed by atoms with Crippen LogP contribution in [0.4, 0.5) is 17.2 Å². The van der Waals surface area contributed by atoms with Crippen molar-refractivity contribution in [2.45, 2.75) is 0 Å². The third-order valence-corrected chi connectivity index (χ3v) is 3.89. The van der Waals surface area contributed by atoms with E-state index in [1.807, 2.05) is 6.07 Å². The van der Waals surface area contributed by atoms with E-state index >= 15 is 0 Å². The number of nitriles is 1. The lowest BCUT2D eigenvalue weighted by molar-refractivity contribution is 0.369. The number of hydrogen-bond acceptors (Lipinski definition) is 8. The molecule has 0 unspecified atom stereocenters. The van der Waals surface area contributed by atoms with Crippen LogP contribution in [0.1, 0.15) is 11.1 Å². The minimum Gasteiger partial charge on any atom is -0.504 e. The highest BCUT2D eigenvalue weighted by Gasteiger charge is 2.19. The number of hydrogen-bond donors (Lipinski definition) is 2.